The van der Waals surface area contributed by atoms with Gasteiger partial charge < -0.3 is 4.57 Å². The highest BCUT2D eigenvalue weighted by Gasteiger charge is 2.20. The van der Waals surface area contributed by atoms with Gasteiger partial charge in [-0.3, -0.25) is 0 Å². The van der Waals surface area contributed by atoms with Crippen LogP contribution in [-0.4, -0.2) is 14.0 Å². The van der Waals surface area contributed by atoms with Crippen LogP contribution in [0.2, 0.25) is 5.15 Å². The summed E-state index contributed by atoms with van der Waals surface area (Å²) in [5.41, 5.74) is 4.58. The molecule has 4 heterocycles. The molecule has 0 atom stereocenters. The van der Waals surface area contributed by atoms with Crippen LogP contribution < -0.4 is 10.1 Å². The van der Waals surface area contributed by atoms with E-state index in [2.05, 4.69) is 39.4 Å². The van der Waals surface area contributed by atoms with E-state index >= 15 is 0 Å². The number of aryl methyl sites for hydroxylation is 1. The lowest BCUT2D eigenvalue weighted by molar-refractivity contribution is -0.665. The van der Waals surface area contributed by atoms with Gasteiger partial charge in [0.1, 0.15) is 23.5 Å². The Bertz CT molecular complexity index is 1450. The summed E-state index contributed by atoms with van der Waals surface area (Å²) in [4.78, 5) is 17.7. The third-order valence-corrected chi connectivity index (χ3v) is 5.78. The largest absolute Gasteiger partial charge is 0.350 e. The molecule has 5 aromatic rings. The van der Waals surface area contributed by atoms with Crippen molar-refractivity contribution in [3.63, 3.8) is 0 Å². The van der Waals surface area contributed by atoms with E-state index in [1.54, 1.807) is 16.7 Å². The van der Waals surface area contributed by atoms with Crippen molar-refractivity contribution in [3.8, 4) is 11.1 Å². The average molecular weight is 430 g/mol. The molecule has 0 aliphatic rings. The number of hydrogen-bond acceptors (Lipinski definition) is 2. The molecule has 0 bridgehead atoms. The normalized spacial score (nSPS) is 11.4. The number of benzene rings is 1. The molecule has 0 radical (unpaired) electrons. The average Bonchev–Trinajstić information content (AvgIpc) is 3.16. The summed E-state index contributed by atoms with van der Waals surface area (Å²) >= 11 is 5.95. The topological polar surface area (TPSA) is 43.2 Å². The van der Waals surface area contributed by atoms with Crippen molar-refractivity contribution in [1.82, 2.24) is 14.0 Å². The number of para-hydroxylation sites is 1. The molecule has 31 heavy (non-hydrogen) atoms. The molecule has 0 aliphatic heterocycles. The Morgan fingerprint density at radius 3 is 2.68 bits per heavy atom. The molecule has 0 N–H and O–H groups in total. The second-order valence-corrected chi connectivity index (χ2v) is 8.03. The Labute approximate surface area is 184 Å². The summed E-state index contributed by atoms with van der Waals surface area (Å²) in [5, 5.41) is 1.55. The third kappa shape index (κ3) is 3.51. The molecule has 0 amide bonds. The number of rotatable bonds is 5. The fourth-order valence-corrected chi connectivity index (χ4v) is 4.25. The van der Waals surface area contributed by atoms with E-state index in [1.165, 1.54) is 0 Å². The highest BCUT2D eigenvalue weighted by molar-refractivity contribution is 6.29. The maximum atomic E-state index is 13.5. The van der Waals surface area contributed by atoms with Gasteiger partial charge in [0.25, 0.3) is 5.65 Å². The van der Waals surface area contributed by atoms with Gasteiger partial charge in [0.15, 0.2) is 0 Å². The summed E-state index contributed by atoms with van der Waals surface area (Å²) in [7, 11) is 0. The van der Waals surface area contributed by atoms with Gasteiger partial charge in [-0.2, -0.15) is 4.40 Å². The number of aromatic nitrogens is 4. The molecule has 0 aliphatic carbocycles. The van der Waals surface area contributed by atoms with Gasteiger partial charge in [0.05, 0.1) is 6.20 Å². The zero-order chi connectivity index (χ0) is 21.4. The maximum absolute atomic E-state index is 13.5. The molecule has 154 valence electrons. The van der Waals surface area contributed by atoms with Crippen molar-refractivity contribution in [1.29, 1.82) is 0 Å². The Balaban J connectivity index is 1.75. The van der Waals surface area contributed by atoms with E-state index in [-0.39, 0.29) is 5.56 Å². The molecule has 5 nitrogen and oxygen atoms in total. The van der Waals surface area contributed by atoms with E-state index in [4.69, 9.17) is 11.6 Å². The van der Waals surface area contributed by atoms with Gasteiger partial charge in [-0.1, -0.05) is 48.9 Å². The minimum Gasteiger partial charge on any atom is -0.347 e. The SMILES string of the molecule is CCCn1cc(-c2c[n+](Cc3ccc(Cl)nc3)c3ccccn3c2=O)c2ccccc21. The van der Waals surface area contributed by atoms with Gasteiger partial charge in [-0.25, -0.2) is 14.3 Å². The first-order valence-corrected chi connectivity index (χ1v) is 10.8. The standard InChI is InChI=1S/C25H22ClN4O/c1-2-12-28-16-20(19-7-3-4-8-22(19)28)21-17-29(15-18-10-11-23(26)27-14-18)24-9-5-6-13-30(24)25(21)31/h3-11,13-14,16-17H,2,12,15H2,1H3/q+1. The van der Waals surface area contributed by atoms with Crippen molar-refractivity contribution in [2.75, 3.05) is 0 Å². The monoisotopic (exact) mass is 429 g/mol. The number of hydrogen-bond donors (Lipinski definition) is 0. The lowest BCUT2D eigenvalue weighted by Gasteiger charge is -2.07. The minimum atomic E-state index is -0.0273. The van der Waals surface area contributed by atoms with E-state index in [1.807, 2.05) is 48.8 Å². The zero-order valence-corrected chi connectivity index (χ0v) is 18.0. The quantitative estimate of drug-likeness (QED) is 0.300. The molecular formula is C25H22ClN4O+. The number of halogens is 1. The van der Waals surface area contributed by atoms with Crippen LogP contribution >= 0.6 is 11.6 Å². The molecule has 0 fully saturated rings. The van der Waals surface area contributed by atoms with Crippen LogP contribution in [0.25, 0.3) is 27.7 Å². The number of fused-ring (bicyclic) bond motifs is 2. The minimum absolute atomic E-state index is 0.0273. The van der Waals surface area contributed by atoms with Crippen molar-refractivity contribution < 1.29 is 4.57 Å². The van der Waals surface area contributed by atoms with Crippen LogP contribution in [0.15, 0.2) is 84.2 Å². The van der Waals surface area contributed by atoms with Crippen LogP contribution in [0.1, 0.15) is 18.9 Å². The van der Waals surface area contributed by atoms with E-state index < -0.39 is 0 Å². The molecule has 5 rings (SSSR count). The van der Waals surface area contributed by atoms with Gasteiger partial charge in [0.2, 0.25) is 0 Å². The van der Waals surface area contributed by atoms with Crippen LogP contribution in [-0.2, 0) is 13.1 Å². The summed E-state index contributed by atoms with van der Waals surface area (Å²) in [5.74, 6) is 0. The second kappa shape index (κ2) is 8.00. The lowest BCUT2D eigenvalue weighted by Crippen LogP contribution is -2.40. The summed E-state index contributed by atoms with van der Waals surface area (Å²) < 4.78 is 6.04. The van der Waals surface area contributed by atoms with Crippen LogP contribution in [0.4, 0.5) is 0 Å². The lowest BCUT2D eigenvalue weighted by atomic mass is 10.1. The number of nitrogens with zero attached hydrogens (tertiary/aromatic N) is 4. The van der Waals surface area contributed by atoms with Crippen molar-refractivity contribution >= 4 is 28.2 Å². The van der Waals surface area contributed by atoms with E-state index in [0.29, 0.717) is 17.3 Å². The van der Waals surface area contributed by atoms with Crippen molar-refractivity contribution in [3.05, 3.63) is 100 Å². The van der Waals surface area contributed by atoms with Gasteiger partial charge in [0, 0.05) is 47.0 Å². The first kappa shape index (κ1) is 19.5. The predicted molar refractivity (Wildman–Crippen MR) is 123 cm³/mol. The predicted octanol–water partition coefficient (Wildman–Crippen LogP) is 4.72. The number of pyridine rings is 2. The van der Waals surface area contributed by atoms with Gasteiger partial charge in [-0.05, 0) is 24.6 Å². The third-order valence-electron chi connectivity index (χ3n) is 5.55. The highest BCUT2D eigenvalue weighted by atomic mass is 35.5. The Morgan fingerprint density at radius 1 is 1.03 bits per heavy atom. The van der Waals surface area contributed by atoms with Gasteiger partial charge >= 0.3 is 5.56 Å². The maximum Gasteiger partial charge on any atom is 0.350 e. The summed E-state index contributed by atoms with van der Waals surface area (Å²) in [6.07, 6.45) is 8.69. The second-order valence-electron chi connectivity index (χ2n) is 7.65. The Morgan fingerprint density at radius 2 is 1.87 bits per heavy atom. The summed E-state index contributed by atoms with van der Waals surface area (Å²) in [6, 6.07) is 17.8. The van der Waals surface area contributed by atoms with Crippen LogP contribution in [0.3, 0.4) is 0 Å². The Kier molecular flexibility index (Phi) is 5.04. The fraction of sp³-hybridized carbons (Fsp3) is 0.160. The molecule has 0 unspecified atom stereocenters. The van der Waals surface area contributed by atoms with Crippen molar-refractivity contribution in [2.24, 2.45) is 0 Å². The molecular weight excluding hydrogens is 408 g/mol. The fourth-order valence-electron chi connectivity index (χ4n) is 4.14. The smallest absolute Gasteiger partial charge is 0.347 e. The first-order valence-electron chi connectivity index (χ1n) is 10.4. The van der Waals surface area contributed by atoms with Gasteiger partial charge in [-0.15, -0.1) is 0 Å². The van der Waals surface area contributed by atoms with Crippen LogP contribution in [0.5, 0.6) is 0 Å². The van der Waals surface area contributed by atoms with E-state index in [9.17, 15) is 4.79 Å². The van der Waals surface area contributed by atoms with E-state index in [0.717, 1.165) is 40.6 Å². The molecule has 0 spiro atoms. The molecule has 4 aromatic heterocycles. The molecule has 0 saturated heterocycles. The zero-order valence-electron chi connectivity index (χ0n) is 17.2. The summed E-state index contributed by atoms with van der Waals surface area (Å²) in [6.45, 7) is 3.65. The Hall–Kier alpha value is -3.44. The first-order chi connectivity index (χ1) is 15.2. The van der Waals surface area contributed by atoms with Crippen LogP contribution in [0, 0.1) is 0 Å². The van der Waals surface area contributed by atoms with Crippen molar-refractivity contribution in [2.45, 2.75) is 26.4 Å². The molecule has 1 aromatic carbocycles. The molecule has 0 saturated carbocycles. The molecule has 6 heteroatoms. The highest BCUT2D eigenvalue weighted by Crippen LogP contribution is 2.28.